The van der Waals surface area contributed by atoms with Crippen LogP contribution in [-0.2, 0) is 0 Å². The smallest absolute Gasteiger partial charge is 0.0737 e. The third kappa shape index (κ3) is 2.90. The van der Waals surface area contributed by atoms with E-state index in [1.165, 1.54) is 37.8 Å². The van der Waals surface area contributed by atoms with Crippen molar-refractivity contribution in [3.8, 4) is 0 Å². The van der Waals surface area contributed by atoms with E-state index in [1.54, 1.807) is 0 Å². The number of aromatic nitrogens is 1. The van der Waals surface area contributed by atoms with Gasteiger partial charge in [-0.1, -0.05) is 37.8 Å². The lowest BCUT2D eigenvalue weighted by atomic mass is 9.75. The van der Waals surface area contributed by atoms with E-state index in [0.717, 1.165) is 22.5 Å². The maximum absolute atomic E-state index is 6.03. The van der Waals surface area contributed by atoms with Crippen LogP contribution < -0.4 is 5.32 Å². The standard InChI is InChI=1S/C17H21ClN2/c1-17(8-3-2-4-9-17)12-20-15-7-10-19-16-11-13(18)5-6-14(15)16/h5-7,10-11H,2-4,8-9,12H2,1H3,(H,19,20). The van der Waals surface area contributed by atoms with Crippen LogP contribution in [0, 0.1) is 5.41 Å². The van der Waals surface area contributed by atoms with E-state index < -0.39 is 0 Å². The van der Waals surface area contributed by atoms with Crippen molar-refractivity contribution in [1.29, 1.82) is 0 Å². The van der Waals surface area contributed by atoms with Gasteiger partial charge in [-0.25, -0.2) is 0 Å². The van der Waals surface area contributed by atoms with Crippen LogP contribution in [0.15, 0.2) is 30.5 Å². The lowest BCUT2D eigenvalue weighted by molar-refractivity contribution is 0.233. The van der Waals surface area contributed by atoms with Crippen LogP contribution in [-0.4, -0.2) is 11.5 Å². The van der Waals surface area contributed by atoms with Gasteiger partial charge in [-0.2, -0.15) is 0 Å². The number of nitrogens with one attached hydrogen (secondary N) is 1. The average molecular weight is 289 g/mol. The van der Waals surface area contributed by atoms with Gasteiger partial charge < -0.3 is 5.32 Å². The molecule has 1 heterocycles. The Balaban J connectivity index is 1.80. The Hall–Kier alpha value is -1.28. The van der Waals surface area contributed by atoms with Crippen molar-refractivity contribution in [3.05, 3.63) is 35.5 Å². The summed E-state index contributed by atoms with van der Waals surface area (Å²) in [5.41, 5.74) is 2.55. The maximum atomic E-state index is 6.03. The molecule has 0 unspecified atom stereocenters. The van der Waals surface area contributed by atoms with Gasteiger partial charge in [0.05, 0.1) is 5.52 Å². The van der Waals surface area contributed by atoms with Crippen molar-refractivity contribution in [2.24, 2.45) is 5.41 Å². The van der Waals surface area contributed by atoms with Gasteiger partial charge in [0, 0.05) is 28.8 Å². The van der Waals surface area contributed by atoms with Gasteiger partial charge in [-0.05, 0) is 42.5 Å². The molecular formula is C17H21ClN2. The number of nitrogens with zero attached hydrogens (tertiary/aromatic N) is 1. The van der Waals surface area contributed by atoms with Crippen LogP contribution in [0.3, 0.4) is 0 Å². The summed E-state index contributed by atoms with van der Waals surface area (Å²) in [7, 11) is 0. The summed E-state index contributed by atoms with van der Waals surface area (Å²) >= 11 is 6.03. The van der Waals surface area contributed by atoms with E-state index in [0.29, 0.717) is 5.41 Å². The van der Waals surface area contributed by atoms with Gasteiger partial charge in [0.1, 0.15) is 0 Å². The van der Waals surface area contributed by atoms with Crippen molar-refractivity contribution >= 4 is 28.2 Å². The van der Waals surface area contributed by atoms with Gasteiger partial charge in [0.15, 0.2) is 0 Å². The molecule has 20 heavy (non-hydrogen) atoms. The summed E-state index contributed by atoms with van der Waals surface area (Å²) in [6.45, 7) is 3.44. The summed E-state index contributed by atoms with van der Waals surface area (Å²) in [6, 6.07) is 7.96. The Morgan fingerprint density at radius 3 is 2.80 bits per heavy atom. The van der Waals surface area contributed by atoms with Gasteiger partial charge in [0.2, 0.25) is 0 Å². The number of pyridine rings is 1. The minimum Gasteiger partial charge on any atom is -0.384 e. The fourth-order valence-electron chi connectivity index (χ4n) is 3.17. The average Bonchev–Trinajstić information content (AvgIpc) is 2.45. The summed E-state index contributed by atoms with van der Waals surface area (Å²) in [5, 5.41) is 5.52. The monoisotopic (exact) mass is 288 g/mol. The molecule has 0 spiro atoms. The molecule has 3 rings (SSSR count). The lowest BCUT2D eigenvalue weighted by Gasteiger charge is -2.34. The molecule has 1 aliphatic rings. The summed E-state index contributed by atoms with van der Waals surface area (Å²) in [4.78, 5) is 4.39. The molecule has 1 aliphatic carbocycles. The molecule has 1 saturated carbocycles. The Bertz CT molecular complexity index is 603. The van der Waals surface area contributed by atoms with E-state index in [1.807, 2.05) is 18.3 Å². The van der Waals surface area contributed by atoms with Crippen LogP contribution in [0.25, 0.3) is 10.9 Å². The molecule has 0 atom stereocenters. The minimum atomic E-state index is 0.431. The molecule has 3 heteroatoms. The Morgan fingerprint density at radius 1 is 1.20 bits per heavy atom. The molecule has 0 amide bonds. The van der Waals surface area contributed by atoms with Gasteiger partial charge in [-0.3, -0.25) is 4.98 Å². The summed E-state index contributed by atoms with van der Waals surface area (Å²) in [6.07, 6.45) is 8.63. The molecule has 1 aromatic heterocycles. The first-order chi connectivity index (χ1) is 9.66. The second kappa shape index (κ2) is 5.61. The number of hydrogen-bond acceptors (Lipinski definition) is 2. The molecule has 0 saturated heterocycles. The third-order valence-electron chi connectivity index (χ3n) is 4.47. The molecule has 106 valence electrons. The Labute approximate surface area is 125 Å². The van der Waals surface area contributed by atoms with Gasteiger partial charge >= 0.3 is 0 Å². The summed E-state index contributed by atoms with van der Waals surface area (Å²) < 4.78 is 0. The molecule has 0 aliphatic heterocycles. The number of hydrogen-bond donors (Lipinski definition) is 1. The normalized spacial score (nSPS) is 18.1. The second-order valence-electron chi connectivity index (χ2n) is 6.24. The number of rotatable bonds is 3. The van der Waals surface area contributed by atoms with E-state index in [-0.39, 0.29) is 0 Å². The van der Waals surface area contributed by atoms with E-state index in [4.69, 9.17) is 11.6 Å². The zero-order valence-electron chi connectivity index (χ0n) is 12.0. The van der Waals surface area contributed by atoms with Crippen LogP contribution in [0.1, 0.15) is 39.0 Å². The van der Waals surface area contributed by atoms with Gasteiger partial charge in [-0.15, -0.1) is 0 Å². The molecule has 1 aromatic carbocycles. The fourth-order valence-corrected chi connectivity index (χ4v) is 3.33. The second-order valence-corrected chi connectivity index (χ2v) is 6.68. The van der Waals surface area contributed by atoms with Crippen molar-refractivity contribution in [2.75, 3.05) is 11.9 Å². The fraction of sp³-hybridized carbons (Fsp3) is 0.471. The predicted molar refractivity (Wildman–Crippen MR) is 86.4 cm³/mol. The lowest BCUT2D eigenvalue weighted by Crippen LogP contribution is -2.28. The zero-order chi connectivity index (χ0) is 14.0. The highest BCUT2D eigenvalue weighted by Crippen LogP contribution is 2.36. The Kier molecular flexibility index (Phi) is 3.84. The van der Waals surface area contributed by atoms with Crippen molar-refractivity contribution in [1.82, 2.24) is 4.98 Å². The highest BCUT2D eigenvalue weighted by molar-refractivity contribution is 6.31. The minimum absolute atomic E-state index is 0.431. The molecule has 2 aromatic rings. The zero-order valence-corrected chi connectivity index (χ0v) is 12.7. The third-order valence-corrected chi connectivity index (χ3v) is 4.71. The van der Waals surface area contributed by atoms with E-state index >= 15 is 0 Å². The van der Waals surface area contributed by atoms with E-state index in [9.17, 15) is 0 Å². The SMILES string of the molecule is CC1(CNc2ccnc3cc(Cl)ccc23)CCCCC1. The Morgan fingerprint density at radius 2 is 2.00 bits per heavy atom. The van der Waals surface area contributed by atoms with Crippen molar-refractivity contribution in [3.63, 3.8) is 0 Å². The molecule has 2 nitrogen and oxygen atoms in total. The first-order valence-electron chi connectivity index (χ1n) is 7.45. The molecule has 1 fully saturated rings. The van der Waals surface area contributed by atoms with Crippen LogP contribution in [0.4, 0.5) is 5.69 Å². The van der Waals surface area contributed by atoms with Gasteiger partial charge in [0.25, 0.3) is 0 Å². The summed E-state index contributed by atoms with van der Waals surface area (Å²) in [5.74, 6) is 0. The first-order valence-corrected chi connectivity index (χ1v) is 7.82. The number of halogens is 1. The highest BCUT2D eigenvalue weighted by Gasteiger charge is 2.26. The van der Waals surface area contributed by atoms with Crippen LogP contribution >= 0.6 is 11.6 Å². The number of benzene rings is 1. The molecular weight excluding hydrogens is 268 g/mol. The first kappa shape index (κ1) is 13.7. The molecule has 0 bridgehead atoms. The molecule has 0 radical (unpaired) electrons. The highest BCUT2D eigenvalue weighted by atomic mass is 35.5. The van der Waals surface area contributed by atoms with E-state index in [2.05, 4.69) is 29.4 Å². The molecule has 1 N–H and O–H groups in total. The van der Waals surface area contributed by atoms with Crippen LogP contribution in [0.5, 0.6) is 0 Å². The largest absolute Gasteiger partial charge is 0.384 e. The number of anilines is 1. The predicted octanol–water partition coefficient (Wildman–Crippen LogP) is 5.27. The maximum Gasteiger partial charge on any atom is 0.0737 e. The van der Waals surface area contributed by atoms with Crippen LogP contribution in [0.2, 0.25) is 5.02 Å². The number of fused-ring (bicyclic) bond motifs is 1. The quantitative estimate of drug-likeness (QED) is 0.832. The topological polar surface area (TPSA) is 24.9 Å². The van der Waals surface area contributed by atoms with Crippen molar-refractivity contribution in [2.45, 2.75) is 39.0 Å². The van der Waals surface area contributed by atoms with Crippen molar-refractivity contribution < 1.29 is 0 Å².